The van der Waals surface area contributed by atoms with Crippen molar-refractivity contribution in [2.24, 2.45) is 5.92 Å². The Bertz CT molecular complexity index is 565. The molecule has 1 atom stereocenters. The van der Waals surface area contributed by atoms with Gasteiger partial charge in [0.25, 0.3) is 0 Å². The third-order valence-electron chi connectivity index (χ3n) is 5.85. The average Bonchev–Trinajstić information content (AvgIpc) is 3.15. The summed E-state index contributed by atoms with van der Waals surface area (Å²) in [5.41, 5.74) is 0. The molecule has 1 fully saturated rings. The zero-order valence-electron chi connectivity index (χ0n) is 14.8. The highest BCUT2D eigenvalue weighted by molar-refractivity contribution is 7.01. The van der Waals surface area contributed by atoms with Crippen LogP contribution in [-0.4, -0.2) is 19.3 Å². The number of benzene rings is 2. The highest BCUT2D eigenvalue weighted by Gasteiger charge is 2.34. The second-order valence-electron chi connectivity index (χ2n) is 7.65. The van der Waals surface area contributed by atoms with E-state index in [1.165, 1.54) is 42.5 Å². The predicted molar refractivity (Wildman–Crippen MR) is 106 cm³/mol. The summed E-state index contributed by atoms with van der Waals surface area (Å²) in [5, 5.41) is 13.7. The fraction of sp³-hybridized carbons (Fsp3) is 0.455. The first-order chi connectivity index (χ1) is 11.7. The van der Waals surface area contributed by atoms with E-state index in [4.69, 9.17) is 0 Å². The van der Waals surface area contributed by atoms with Crippen LogP contribution in [0.4, 0.5) is 0 Å². The van der Waals surface area contributed by atoms with Gasteiger partial charge in [0.15, 0.2) is 0 Å². The van der Waals surface area contributed by atoms with Crippen molar-refractivity contribution in [1.29, 1.82) is 0 Å². The fourth-order valence-electron chi connectivity index (χ4n) is 4.31. The van der Waals surface area contributed by atoms with E-state index >= 15 is 0 Å². The summed E-state index contributed by atoms with van der Waals surface area (Å²) in [7, 11) is -1.89. The van der Waals surface area contributed by atoms with Crippen LogP contribution < -0.4 is 10.4 Å². The Labute approximate surface area is 147 Å². The smallest absolute Gasteiger partial charge is 0.117 e. The molecule has 1 saturated carbocycles. The number of rotatable bonds is 7. The monoisotopic (exact) mass is 338 g/mol. The number of hydrogen-bond donors (Lipinski definition) is 1. The van der Waals surface area contributed by atoms with Gasteiger partial charge < -0.3 is 5.11 Å². The molecule has 0 aromatic heterocycles. The van der Waals surface area contributed by atoms with Gasteiger partial charge in [0.1, 0.15) is 8.07 Å². The number of aliphatic hydroxyl groups is 1. The summed E-state index contributed by atoms with van der Waals surface area (Å²) in [6, 6.07) is 22.6. The second-order valence-corrected chi connectivity index (χ2v) is 11.9. The van der Waals surface area contributed by atoms with E-state index in [1.807, 2.05) is 0 Å². The minimum Gasteiger partial charge on any atom is -0.393 e. The Morgan fingerprint density at radius 2 is 1.42 bits per heavy atom. The van der Waals surface area contributed by atoms with Crippen molar-refractivity contribution in [2.45, 2.75) is 57.2 Å². The Hall–Kier alpha value is -1.38. The van der Waals surface area contributed by atoms with E-state index in [-0.39, 0.29) is 6.10 Å². The number of hydrogen-bond acceptors (Lipinski definition) is 1. The Balaban J connectivity index is 1.75. The lowest BCUT2D eigenvalue weighted by Crippen LogP contribution is -2.57. The molecule has 0 bridgehead atoms. The largest absolute Gasteiger partial charge is 0.393 e. The SMILES string of the molecule is C[Si](C[C@@H](O)CCC1CCCC1)(c1ccccc1)c1ccccc1. The number of aliphatic hydroxyl groups excluding tert-OH is 1. The van der Waals surface area contributed by atoms with Crippen LogP contribution >= 0.6 is 0 Å². The second kappa shape index (κ2) is 8.13. The molecular weight excluding hydrogens is 308 g/mol. The maximum absolute atomic E-state index is 10.8. The lowest BCUT2D eigenvalue weighted by atomic mass is 10.0. The quantitative estimate of drug-likeness (QED) is 0.750. The molecule has 0 radical (unpaired) electrons. The summed E-state index contributed by atoms with van der Waals surface area (Å²) >= 11 is 0. The van der Waals surface area contributed by atoms with Gasteiger partial charge in [-0.15, -0.1) is 0 Å². The van der Waals surface area contributed by atoms with Crippen LogP contribution in [-0.2, 0) is 0 Å². The molecule has 128 valence electrons. The highest BCUT2D eigenvalue weighted by atomic mass is 28.3. The molecule has 24 heavy (non-hydrogen) atoms. The van der Waals surface area contributed by atoms with Gasteiger partial charge in [-0.3, -0.25) is 0 Å². The van der Waals surface area contributed by atoms with E-state index in [0.29, 0.717) is 0 Å². The first-order valence-corrected chi connectivity index (χ1v) is 12.2. The van der Waals surface area contributed by atoms with Crippen molar-refractivity contribution in [3.63, 3.8) is 0 Å². The van der Waals surface area contributed by atoms with Crippen LogP contribution in [0.3, 0.4) is 0 Å². The Morgan fingerprint density at radius 3 is 1.92 bits per heavy atom. The molecule has 1 aliphatic carbocycles. The first-order valence-electron chi connectivity index (χ1n) is 9.47. The van der Waals surface area contributed by atoms with E-state index in [2.05, 4.69) is 67.2 Å². The van der Waals surface area contributed by atoms with Crippen molar-refractivity contribution < 1.29 is 5.11 Å². The molecule has 0 aliphatic heterocycles. The molecule has 2 aromatic rings. The molecule has 1 N–H and O–H groups in total. The van der Waals surface area contributed by atoms with Gasteiger partial charge in [-0.2, -0.15) is 0 Å². The molecule has 1 nitrogen and oxygen atoms in total. The van der Waals surface area contributed by atoms with Crippen LogP contribution in [0.2, 0.25) is 12.6 Å². The normalized spacial score (nSPS) is 17.1. The van der Waals surface area contributed by atoms with Crippen LogP contribution in [0.1, 0.15) is 38.5 Å². The molecule has 3 rings (SSSR count). The van der Waals surface area contributed by atoms with Crippen molar-refractivity contribution in [2.75, 3.05) is 0 Å². The molecule has 0 heterocycles. The molecule has 2 heteroatoms. The van der Waals surface area contributed by atoms with E-state index < -0.39 is 8.07 Å². The maximum atomic E-state index is 10.8. The van der Waals surface area contributed by atoms with Crippen LogP contribution in [0, 0.1) is 5.92 Å². The van der Waals surface area contributed by atoms with Gasteiger partial charge in [0.2, 0.25) is 0 Å². The van der Waals surface area contributed by atoms with Crippen molar-refractivity contribution in [1.82, 2.24) is 0 Å². The Morgan fingerprint density at radius 1 is 0.917 bits per heavy atom. The Kier molecular flexibility index (Phi) is 5.91. The summed E-state index contributed by atoms with van der Waals surface area (Å²) in [6.07, 6.45) is 7.52. The van der Waals surface area contributed by atoms with Gasteiger partial charge in [-0.05, 0) is 24.8 Å². The van der Waals surface area contributed by atoms with Crippen molar-refractivity contribution in [3.8, 4) is 0 Å². The third-order valence-corrected chi connectivity index (χ3v) is 10.4. The molecule has 0 amide bonds. The summed E-state index contributed by atoms with van der Waals surface area (Å²) < 4.78 is 0. The molecule has 1 aliphatic rings. The summed E-state index contributed by atoms with van der Waals surface area (Å²) in [5.74, 6) is 0.862. The maximum Gasteiger partial charge on any atom is 0.117 e. The van der Waals surface area contributed by atoms with Crippen molar-refractivity contribution >= 4 is 18.4 Å². The molecule has 0 saturated heterocycles. The third kappa shape index (κ3) is 4.17. The van der Waals surface area contributed by atoms with Gasteiger partial charge in [-0.1, -0.05) is 103 Å². The minimum atomic E-state index is -1.89. The standard InChI is InChI=1S/C22H30OSi/c1-24(21-12-4-2-5-13-21,22-14-6-3-7-15-22)18-20(23)17-16-19-10-8-9-11-19/h2-7,12-15,19-20,23H,8-11,16-18H2,1H3/t20-/m0/s1. The lowest BCUT2D eigenvalue weighted by molar-refractivity contribution is 0.172. The first kappa shape index (κ1) is 17.4. The van der Waals surface area contributed by atoms with Crippen molar-refractivity contribution in [3.05, 3.63) is 60.7 Å². The fourth-order valence-corrected chi connectivity index (χ4v) is 8.12. The van der Waals surface area contributed by atoms with Gasteiger partial charge in [-0.25, -0.2) is 0 Å². The van der Waals surface area contributed by atoms with Crippen LogP contribution in [0.15, 0.2) is 60.7 Å². The minimum absolute atomic E-state index is 0.178. The van der Waals surface area contributed by atoms with E-state index in [1.54, 1.807) is 0 Å². The zero-order valence-corrected chi connectivity index (χ0v) is 15.8. The highest BCUT2D eigenvalue weighted by Crippen LogP contribution is 2.30. The molecule has 0 unspecified atom stereocenters. The summed E-state index contributed by atoms with van der Waals surface area (Å²) in [6.45, 7) is 2.41. The van der Waals surface area contributed by atoms with Crippen LogP contribution in [0.25, 0.3) is 0 Å². The molecular formula is C22H30OSi. The summed E-state index contributed by atoms with van der Waals surface area (Å²) in [4.78, 5) is 0. The predicted octanol–water partition coefficient (Wildman–Crippen LogP) is 4.21. The van der Waals surface area contributed by atoms with E-state index in [0.717, 1.165) is 18.4 Å². The molecule has 2 aromatic carbocycles. The lowest BCUT2D eigenvalue weighted by Gasteiger charge is -2.31. The van der Waals surface area contributed by atoms with E-state index in [9.17, 15) is 5.11 Å². The van der Waals surface area contributed by atoms with Gasteiger partial charge in [0, 0.05) is 0 Å². The van der Waals surface area contributed by atoms with Gasteiger partial charge in [0.05, 0.1) is 6.10 Å². The zero-order chi connectivity index (χ0) is 16.8. The topological polar surface area (TPSA) is 20.2 Å². The van der Waals surface area contributed by atoms with Gasteiger partial charge >= 0.3 is 0 Å². The molecule has 0 spiro atoms. The van der Waals surface area contributed by atoms with Crippen LogP contribution in [0.5, 0.6) is 0 Å². The average molecular weight is 339 g/mol.